The number of piperidine rings is 4. The lowest BCUT2D eigenvalue weighted by Crippen LogP contribution is -2.64. The molecule has 108 heavy (non-hydrogen) atoms. The number of primary amides is 4. The van der Waals surface area contributed by atoms with Gasteiger partial charge in [0.15, 0.2) is 0 Å². The molecule has 4 aromatic carbocycles. The van der Waals surface area contributed by atoms with E-state index < -0.39 is 11.8 Å². The second-order valence-electron chi connectivity index (χ2n) is 37.3. The maximum Gasteiger partial charge on any atom is 0.252 e. The van der Waals surface area contributed by atoms with E-state index in [9.17, 15) is 48.6 Å². The number of fused-ring (bicyclic) bond motifs is 4. The molecule has 0 spiro atoms. The van der Waals surface area contributed by atoms with Gasteiger partial charge < -0.3 is 33.1 Å². The van der Waals surface area contributed by atoms with E-state index in [0.29, 0.717) is 133 Å². The largest absolute Gasteiger partial charge is 0.507 e. The van der Waals surface area contributed by atoms with E-state index in [4.69, 9.17) is 22.9 Å². The molecule has 0 radical (unpaired) electrons. The van der Waals surface area contributed by atoms with Crippen LogP contribution in [0.25, 0.3) is 0 Å². The van der Waals surface area contributed by atoms with Crippen LogP contribution in [-0.2, 0) is 66.5 Å². The fourth-order valence-electron chi connectivity index (χ4n) is 26.5. The summed E-state index contributed by atoms with van der Waals surface area (Å²) in [6.45, 7) is 13.7. The number of Topliss-reactive ketones (excluding diaryl/α,β-unsaturated/α-hetero) is 4. The fraction of sp³-hybridized carbons (Fsp3) is 0.644. The van der Waals surface area contributed by atoms with Crippen LogP contribution in [0.3, 0.4) is 0 Å². The summed E-state index contributed by atoms with van der Waals surface area (Å²) in [4.78, 5) is 108. The van der Waals surface area contributed by atoms with Crippen molar-refractivity contribution in [3.05, 3.63) is 127 Å². The lowest BCUT2D eigenvalue weighted by atomic mass is 9.51. The van der Waals surface area contributed by atoms with Crippen molar-refractivity contribution in [2.45, 2.75) is 290 Å². The first kappa shape index (κ1) is 73.7. The van der Waals surface area contributed by atoms with Gasteiger partial charge in [0.05, 0.1) is 11.1 Å². The number of amides is 4. The Morgan fingerprint density at radius 2 is 0.648 bits per heavy atom. The normalized spacial score (nSPS) is 34.1. The van der Waals surface area contributed by atoms with Crippen molar-refractivity contribution in [3.63, 3.8) is 0 Å². The van der Waals surface area contributed by atoms with Gasteiger partial charge in [-0.25, -0.2) is 0 Å². The number of nitrogens with two attached hydrogens (primary N) is 4. The summed E-state index contributed by atoms with van der Waals surface area (Å²) in [6.07, 6.45) is 30.0. The monoisotopic (exact) mass is 1470 g/mol. The molecule has 12 aliphatic carbocycles. The van der Waals surface area contributed by atoms with Crippen LogP contribution in [0.15, 0.2) is 60.7 Å². The number of carbonyl (C=O) groups excluding carboxylic acids is 8. The fourth-order valence-corrected chi connectivity index (χ4v) is 26.5. The number of hydrogen-bond acceptors (Lipinski definition) is 14. The first-order valence-electron chi connectivity index (χ1n) is 42.1. The lowest BCUT2D eigenvalue weighted by molar-refractivity contribution is -0.129. The van der Waals surface area contributed by atoms with Crippen LogP contribution in [0.5, 0.6) is 11.5 Å². The first-order valence-corrected chi connectivity index (χ1v) is 42.1. The van der Waals surface area contributed by atoms with Gasteiger partial charge in [-0.2, -0.15) is 0 Å². The highest BCUT2D eigenvalue weighted by Crippen LogP contribution is 2.63. The van der Waals surface area contributed by atoms with E-state index in [1.807, 2.05) is 36.4 Å². The molecule has 576 valence electrons. The van der Waals surface area contributed by atoms with Gasteiger partial charge in [0.2, 0.25) is 11.8 Å². The van der Waals surface area contributed by atoms with Crippen molar-refractivity contribution in [3.8, 4) is 11.5 Å². The highest BCUT2D eigenvalue weighted by molar-refractivity contribution is 5.98. The molecule has 16 unspecified atom stereocenters. The molecule has 4 saturated heterocycles. The Bertz CT molecular complexity index is 4070. The molecule has 4 aliphatic heterocycles. The molecule has 4 heterocycles. The van der Waals surface area contributed by atoms with Gasteiger partial charge in [0.1, 0.15) is 34.6 Å². The van der Waals surface area contributed by atoms with Crippen LogP contribution < -0.4 is 22.9 Å². The molecule has 18 heteroatoms. The second kappa shape index (κ2) is 28.0. The summed E-state index contributed by atoms with van der Waals surface area (Å²) in [7, 11) is 0. The Hall–Kier alpha value is -7.12. The number of phenols is 2. The van der Waals surface area contributed by atoms with Gasteiger partial charge in [0, 0.05) is 144 Å². The third-order valence-corrected chi connectivity index (χ3v) is 32.7. The SMILES string of the molecule is CC(C1CC1)N1CCC23CC(=O)CCC2C1Cc1ccc(C(N)=O)cc13.CC(C1CC1)N1CCC23CC(=O)CCC2C1Cc1ccc(C(N)=O)cc13.CC(C1CCC1)N1CCC23CC(=O)CCC2C1Cc1ccc(C(N)=O)c(O)c13.CC(C1CCC1)N1CCC23CC(=O)CCC2C1Cc1ccc(C(N)=O)c(O)c13. The Morgan fingerprint density at radius 3 is 0.935 bits per heavy atom. The summed E-state index contributed by atoms with van der Waals surface area (Å²) in [5.74, 6) is 4.58. The lowest BCUT2D eigenvalue weighted by Gasteiger charge is -2.60. The molecular weight excluding hydrogens is 1350 g/mol. The molecule has 16 aliphatic rings. The maximum absolute atomic E-state index is 12.5. The molecular formula is C90H116N8O10. The van der Waals surface area contributed by atoms with Crippen molar-refractivity contribution >= 4 is 46.8 Å². The standard InChI is InChI=1S/2C23H30N2O3.2C22H28N2O2/c2*1-13(14-3-2-4-14)25-10-9-23-12-16(26)6-8-18(23)19(25)11-15-5-7-17(22(24)28)21(27)20(15)23;2*1-13(14-2-3-14)24-9-8-22-12-17(25)6-7-18(22)20(24)11-15-4-5-16(21(23)26)10-19(15)22/h2*5,7,13-14,18-19,27H,2-4,6,8-12H2,1H3,(H2,24,28);2*4-5,10,13-14,18,20H,2-3,6-9,11-12H2,1H3,(H2,23,26). The number of aromatic hydroxyl groups is 2. The number of nitrogens with zero attached hydrogens (tertiary/aromatic N) is 4. The number of benzene rings is 4. The molecule has 8 saturated carbocycles. The average Bonchev–Trinajstić information content (AvgIpc) is 1.09. The maximum atomic E-state index is 12.5. The quantitative estimate of drug-likeness (QED) is 0.0769. The van der Waals surface area contributed by atoms with Crippen molar-refractivity contribution in [2.24, 2.45) is 70.3 Å². The minimum Gasteiger partial charge on any atom is -0.507 e. The van der Waals surface area contributed by atoms with Crippen LogP contribution in [-0.4, -0.2) is 151 Å². The van der Waals surface area contributed by atoms with Gasteiger partial charge in [-0.3, -0.25) is 58.0 Å². The second-order valence-corrected chi connectivity index (χ2v) is 37.3. The van der Waals surface area contributed by atoms with E-state index in [1.54, 1.807) is 12.1 Å². The predicted octanol–water partition coefficient (Wildman–Crippen LogP) is 11.5. The molecule has 20 rings (SSSR count). The van der Waals surface area contributed by atoms with Gasteiger partial charge in [0.25, 0.3) is 11.8 Å². The summed E-state index contributed by atoms with van der Waals surface area (Å²) in [5, 5.41) is 22.0. The summed E-state index contributed by atoms with van der Waals surface area (Å²) < 4.78 is 0. The van der Waals surface area contributed by atoms with Crippen LogP contribution in [0.2, 0.25) is 0 Å². The van der Waals surface area contributed by atoms with Crippen LogP contribution in [0, 0.1) is 47.3 Å². The minimum atomic E-state index is -0.603. The molecule has 0 aromatic heterocycles. The van der Waals surface area contributed by atoms with E-state index in [-0.39, 0.29) is 67.7 Å². The average molecular weight is 1470 g/mol. The summed E-state index contributed by atoms with van der Waals surface area (Å²) in [5.41, 5.74) is 32.0. The zero-order chi connectivity index (χ0) is 75.4. The van der Waals surface area contributed by atoms with E-state index in [0.717, 1.165) is 162 Å². The zero-order valence-electron chi connectivity index (χ0n) is 64.3. The van der Waals surface area contributed by atoms with E-state index in [2.05, 4.69) is 59.4 Å². The van der Waals surface area contributed by atoms with Crippen LogP contribution in [0.1, 0.15) is 281 Å². The van der Waals surface area contributed by atoms with Gasteiger partial charge in [-0.15, -0.1) is 0 Å². The Balaban J connectivity index is 0.000000106. The highest BCUT2D eigenvalue weighted by Gasteiger charge is 2.62. The molecule has 4 aromatic rings. The molecule has 16 atom stereocenters. The molecule has 12 fully saturated rings. The van der Waals surface area contributed by atoms with Crippen molar-refractivity contribution < 1.29 is 48.6 Å². The number of hydrogen-bond donors (Lipinski definition) is 6. The molecule has 8 bridgehead atoms. The smallest absolute Gasteiger partial charge is 0.252 e. The molecule has 4 amide bonds. The number of carbonyl (C=O) groups is 8. The Labute approximate surface area is 637 Å². The van der Waals surface area contributed by atoms with Gasteiger partial charge in [-0.05, 0) is 299 Å². The van der Waals surface area contributed by atoms with Crippen LogP contribution >= 0.6 is 0 Å². The van der Waals surface area contributed by atoms with Crippen molar-refractivity contribution in [1.82, 2.24) is 19.6 Å². The summed E-state index contributed by atoms with van der Waals surface area (Å²) in [6, 6.07) is 23.6. The van der Waals surface area contributed by atoms with E-state index >= 15 is 0 Å². The van der Waals surface area contributed by atoms with Crippen molar-refractivity contribution in [2.75, 3.05) is 26.2 Å². The van der Waals surface area contributed by atoms with Gasteiger partial charge >= 0.3 is 0 Å². The first-order chi connectivity index (χ1) is 51.8. The van der Waals surface area contributed by atoms with Gasteiger partial charge in [-0.1, -0.05) is 37.1 Å². The summed E-state index contributed by atoms with van der Waals surface area (Å²) >= 11 is 0. The minimum absolute atomic E-state index is 0.0311. The number of rotatable bonds is 12. The highest BCUT2D eigenvalue weighted by atomic mass is 16.3. The van der Waals surface area contributed by atoms with Crippen LogP contribution in [0.4, 0.5) is 0 Å². The Morgan fingerprint density at radius 1 is 0.370 bits per heavy atom. The Kier molecular flexibility index (Phi) is 19.1. The zero-order valence-corrected chi connectivity index (χ0v) is 64.3. The third kappa shape index (κ3) is 12.2. The topological polar surface area (TPSA) is 294 Å². The van der Waals surface area contributed by atoms with E-state index in [1.165, 1.54) is 86.5 Å². The molecule has 10 N–H and O–H groups in total. The predicted molar refractivity (Wildman–Crippen MR) is 413 cm³/mol. The van der Waals surface area contributed by atoms with Crippen molar-refractivity contribution in [1.29, 1.82) is 0 Å². The number of likely N-dealkylation sites (tertiary alicyclic amines) is 4. The molecule has 18 nitrogen and oxygen atoms in total. The third-order valence-electron chi connectivity index (χ3n) is 32.7. The number of ketones is 4.